The van der Waals surface area contributed by atoms with Crippen LogP contribution in [0.2, 0.25) is 0 Å². The van der Waals surface area contributed by atoms with Crippen molar-refractivity contribution in [2.24, 2.45) is 5.92 Å². The summed E-state index contributed by atoms with van der Waals surface area (Å²) < 4.78 is 0. The summed E-state index contributed by atoms with van der Waals surface area (Å²) in [6.45, 7) is 2.18. The van der Waals surface area contributed by atoms with Crippen LogP contribution in [-0.4, -0.2) is 23.7 Å². The third-order valence-electron chi connectivity index (χ3n) is 4.62. The van der Waals surface area contributed by atoms with E-state index in [4.69, 9.17) is 0 Å². The second-order valence-electron chi connectivity index (χ2n) is 6.19. The zero-order chi connectivity index (χ0) is 15.1. The summed E-state index contributed by atoms with van der Waals surface area (Å²) in [5.41, 5.74) is 2.24. The van der Waals surface area contributed by atoms with Crippen molar-refractivity contribution in [1.82, 2.24) is 5.32 Å². The van der Waals surface area contributed by atoms with Gasteiger partial charge < -0.3 is 10.4 Å². The Balaban J connectivity index is 1.93. The Bertz CT molecular complexity index is 452. The molecule has 1 saturated carbocycles. The minimum atomic E-state index is 0.0772. The van der Waals surface area contributed by atoms with Gasteiger partial charge in [-0.05, 0) is 43.2 Å². The molecule has 21 heavy (non-hydrogen) atoms. The normalized spacial score (nSPS) is 17.4. The molecule has 1 amide bonds. The highest BCUT2D eigenvalue weighted by Crippen LogP contribution is 2.27. The Morgan fingerprint density at radius 1 is 1.29 bits per heavy atom. The summed E-state index contributed by atoms with van der Waals surface area (Å²) in [6.07, 6.45) is 7.26. The molecule has 0 radical (unpaired) electrons. The van der Waals surface area contributed by atoms with Crippen molar-refractivity contribution in [3.63, 3.8) is 0 Å². The number of benzene rings is 1. The van der Waals surface area contributed by atoms with E-state index in [0.29, 0.717) is 18.8 Å². The number of hydrogen-bond donors (Lipinski definition) is 2. The number of rotatable bonds is 6. The summed E-state index contributed by atoms with van der Waals surface area (Å²) in [6, 6.07) is 8.15. The number of nitrogens with one attached hydrogen (secondary N) is 1. The van der Waals surface area contributed by atoms with Gasteiger partial charge in [-0.15, -0.1) is 0 Å². The molecule has 1 atom stereocenters. The third kappa shape index (κ3) is 4.85. The molecule has 1 fully saturated rings. The molecular weight excluding hydrogens is 262 g/mol. The van der Waals surface area contributed by atoms with Gasteiger partial charge in [0, 0.05) is 12.6 Å². The van der Waals surface area contributed by atoms with E-state index < -0.39 is 0 Å². The molecule has 0 spiro atoms. The van der Waals surface area contributed by atoms with E-state index in [1.54, 1.807) is 0 Å². The van der Waals surface area contributed by atoms with Crippen molar-refractivity contribution in [1.29, 1.82) is 0 Å². The zero-order valence-corrected chi connectivity index (χ0v) is 13.0. The number of aliphatic hydroxyl groups is 1. The van der Waals surface area contributed by atoms with E-state index >= 15 is 0 Å². The summed E-state index contributed by atoms with van der Waals surface area (Å²) in [4.78, 5) is 12.3. The van der Waals surface area contributed by atoms with Crippen molar-refractivity contribution < 1.29 is 9.90 Å². The molecule has 1 aromatic carbocycles. The van der Waals surface area contributed by atoms with E-state index in [9.17, 15) is 9.90 Å². The lowest BCUT2D eigenvalue weighted by Gasteiger charge is -2.30. The lowest BCUT2D eigenvalue weighted by atomic mass is 9.82. The quantitative estimate of drug-likeness (QED) is 0.846. The Hall–Kier alpha value is -1.35. The predicted octanol–water partition coefficient (Wildman–Crippen LogP) is 2.99. The van der Waals surface area contributed by atoms with Crippen LogP contribution in [0.4, 0.5) is 0 Å². The fourth-order valence-corrected chi connectivity index (χ4v) is 3.34. The maximum atomic E-state index is 12.3. The molecule has 2 rings (SSSR count). The largest absolute Gasteiger partial charge is 0.396 e. The molecule has 1 aliphatic carbocycles. The first-order valence-corrected chi connectivity index (χ1v) is 8.15. The molecule has 1 aliphatic rings. The molecule has 1 aromatic rings. The molecule has 0 aromatic heterocycles. The van der Waals surface area contributed by atoms with E-state index in [1.807, 2.05) is 31.2 Å². The van der Waals surface area contributed by atoms with Gasteiger partial charge in [-0.25, -0.2) is 0 Å². The molecule has 3 heteroatoms. The maximum absolute atomic E-state index is 12.3. The highest BCUT2D eigenvalue weighted by molar-refractivity contribution is 5.79. The van der Waals surface area contributed by atoms with E-state index in [0.717, 1.165) is 11.1 Å². The van der Waals surface area contributed by atoms with Gasteiger partial charge in [-0.2, -0.15) is 0 Å². The fourth-order valence-electron chi connectivity index (χ4n) is 3.34. The van der Waals surface area contributed by atoms with Gasteiger partial charge in [0.25, 0.3) is 0 Å². The van der Waals surface area contributed by atoms with E-state index in [-0.39, 0.29) is 18.6 Å². The molecule has 2 N–H and O–H groups in total. The highest BCUT2D eigenvalue weighted by atomic mass is 16.3. The topological polar surface area (TPSA) is 49.3 Å². The zero-order valence-electron chi connectivity index (χ0n) is 13.0. The van der Waals surface area contributed by atoms with Crippen molar-refractivity contribution >= 4 is 5.91 Å². The standard InChI is InChI=1S/C18H27NO2/c1-14-7-5-6-10-16(14)13-18(21)19-17(11-12-20)15-8-3-2-4-9-15/h5-7,10,15,17,20H,2-4,8-9,11-13H2,1H3,(H,19,21). The molecule has 3 nitrogen and oxygen atoms in total. The molecule has 1 unspecified atom stereocenters. The highest BCUT2D eigenvalue weighted by Gasteiger charge is 2.24. The van der Waals surface area contributed by atoms with Gasteiger partial charge >= 0.3 is 0 Å². The first kappa shape index (κ1) is 16.0. The molecule has 0 saturated heterocycles. The van der Waals surface area contributed by atoms with Crippen molar-refractivity contribution in [2.45, 2.75) is 57.9 Å². The van der Waals surface area contributed by atoms with Crippen molar-refractivity contribution in [3.8, 4) is 0 Å². The number of carbonyl (C=O) groups is 1. The molecule has 0 bridgehead atoms. The van der Waals surface area contributed by atoms with Gasteiger partial charge in [0.05, 0.1) is 6.42 Å². The summed E-state index contributed by atoms with van der Waals surface area (Å²) >= 11 is 0. The lowest BCUT2D eigenvalue weighted by Crippen LogP contribution is -2.42. The SMILES string of the molecule is Cc1ccccc1CC(=O)NC(CCO)C1CCCCC1. The number of aliphatic hydroxyl groups excluding tert-OH is 1. The van der Waals surface area contributed by atoms with Crippen LogP contribution in [0.5, 0.6) is 0 Å². The van der Waals surface area contributed by atoms with Crippen LogP contribution >= 0.6 is 0 Å². The van der Waals surface area contributed by atoms with Gasteiger partial charge in [0.1, 0.15) is 0 Å². The number of aryl methyl sites for hydroxylation is 1. The molecule has 0 heterocycles. The van der Waals surface area contributed by atoms with Crippen molar-refractivity contribution in [2.75, 3.05) is 6.61 Å². The van der Waals surface area contributed by atoms with Gasteiger partial charge in [0.15, 0.2) is 0 Å². The van der Waals surface area contributed by atoms with Crippen LogP contribution in [0.3, 0.4) is 0 Å². The minimum absolute atomic E-state index is 0.0772. The molecule has 116 valence electrons. The Morgan fingerprint density at radius 2 is 2.00 bits per heavy atom. The number of hydrogen-bond acceptors (Lipinski definition) is 2. The minimum Gasteiger partial charge on any atom is -0.396 e. The Morgan fingerprint density at radius 3 is 2.67 bits per heavy atom. The number of amides is 1. The third-order valence-corrected chi connectivity index (χ3v) is 4.62. The Labute approximate surface area is 127 Å². The average Bonchev–Trinajstić information content (AvgIpc) is 2.50. The maximum Gasteiger partial charge on any atom is 0.224 e. The summed E-state index contributed by atoms with van der Waals surface area (Å²) in [7, 11) is 0. The number of carbonyl (C=O) groups excluding carboxylic acids is 1. The lowest BCUT2D eigenvalue weighted by molar-refractivity contribution is -0.121. The van der Waals surface area contributed by atoms with Crippen LogP contribution in [0, 0.1) is 12.8 Å². The first-order valence-electron chi connectivity index (χ1n) is 8.15. The van der Waals surface area contributed by atoms with Crippen LogP contribution < -0.4 is 5.32 Å². The molecule has 0 aliphatic heterocycles. The van der Waals surface area contributed by atoms with E-state index in [2.05, 4.69) is 5.32 Å². The van der Waals surface area contributed by atoms with Crippen LogP contribution in [0.1, 0.15) is 49.7 Å². The summed E-state index contributed by atoms with van der Waals surface area (Å²) in [5.74, 6) is 0.611. The fraction of sp³-hybridized carbons (Fsp3) is 0.611. The van der Waals surface area contributed by atoms with Crippen LogP contribution in [-0.2, 0) is 11.2 Å². The van der Waals surface area contributed by atoms with Crippen LogP contribution in [0.15, 0.2) is 24.3 Å². The second-order valence-corrected chi connectivity index (χ2v) is 6.19. The average molecular weight is 289 g/mol. The summed E-state index contributed by atoms with van der Waals surface area (Å²) in [5, 5.41) is 12.4. The smallest absolute Gasteiger partial charge is 0.224 e. The monoisotopic (exact) mass is 289 g/mol. The van der Waals surface area contributed by atoms with Gasteiger partial charge in [0.2, 0.25) is 5.91 Å². The van der Waals surface area contributed by atoms with Gasteiger partial charge in [-0.1, -0.05) is 43.5 Å². The van der Waals surface area contributed by atoms with E-state index in [1.165, 1.54) is 32.1 Å². The van der Waals surface area contributed by atoms with Crippen LogP contribution in [0.25, 0.3) is 0 Å². The Kier molecular flexibility index (Phi) is 6.24. The second kappa shape index (κ2) is 8.18. The van der Waals surface area contributed by atoms with Crippen molar-refractivity contribution in [3.05, 3.63) is 35.4 Å². The predicted molar refractivity (Wildman–Crippen MR) is 85.1 cm³/mol. The first-order chi connectivity index (χ1) is 10.2. The van der Waals surface area contributed by atoms with Gasteiger partial charge in [-0.3, -0.25) is 4.79 Å². The molecular formula is C18H27NO2.